The fourth-order valence-corrected chi connectivity index (χ4v) is 6.41. The fraction of sp³-hybridized carbons (Fsp3) is 0.967. The molecule has 0 aromatic heterocycles. The summed E-state index contributed by atoms with van der Waals surface area (Å²) >= 11 is 0. The van der Waals surface area contributed by atoms with E-state index in [1.165, 1.54) is 0 Å². The minimum atomic E-state index is -0.540. The number of hydrogen-bond acceptors (Lipinski definition) is 6. The lowest BCUT2D eigenvalue weighted by Crippen LogP contribution is -2.63. The van der Waals surface area contributed by atoms with Crippen molar-refractivity contribution in [2.75, 3.05) is 6.61 Å². The largest absolute Gasteiger partial charge is 0.363 e. The number of Topliss-reactive ketones (excluding diaryl/α,β-unsaturated/α-hetero) is 1. The first kappa shape index (κ1) is 30.0. The second kappa shape index (κ2) is 11.7. The van der Waals surface area contributed by atoms with Crippen molar-refractivity contribution in [1.82, 2.24) is 0 Å². The van der Waals surface area contributed by atoms with Crippen molar-refractivity contribution < 1.29 is 28.5 Å². The molecule has 36 heavy (non-hydrogen) atoms. The van der Waals surface area contributed by atoms with Crippen molar-refractivity contribution in [3.8, 4) is 0 Å². The Bertz CT molecular complexity index is 731. The van der Waals surface area contributed by atoms with E-state index in [0.29, 0.717) is 30.3 Å². The molecule has 6 nitrogen and oxygen atoms in total. The summed E-state index contributed by atoms with van der Waals surface area (Å²) in [5, 5.41) is 0. The van der Waals surface area contributed by atoms with Crippen LogP contribution in [0.3, 0.4) is 0 Å². The molecule has 0 aromatic carbocycles. The molecule has 0 saturated carbocycles. The van der Waals surface area contributed by atoms with Crippen molar-refractivity contribution >= 4 is 5.78 Å². The Balaban J connectivity index is 1.96. The molecule has 6 heteroatoms. The molecule has 0 aliphatic carbocycles. The van der Waals surface area contributed by atoms with E-state index in [-0.39, 0.29) is 65.9 Å². The van der Waals surface area contributed by atoms with E-state index in [2.05, 4.69) is 76.2 Å². The van der Waals surface area contributed by atoms with E-state index in [1.807, 2.05) is 0 Å². The number of ether oxygens (including phenoxy) is 5. The van der Waals surface area contributed by atoms with Gasteiger partial charge in [0.25, 0.3) is 0 Å². The quantitative estimate of drug-likeness (QED) is 0.430. The van der Waals surface area contributed by atoms with Crippen LogP contribution in [0.15, 0.2) is 0 Å². The van der Waals surface area contributed by atoms with Gasteiger partial charge in [-0.05, 0) is 42.4 Å². The Morgan fingerprint density at radius 2 is 1.36 bits per heavy atom. The molecule has 3 heterocycles. The Hall–Kier alpha value is -0.530. The third-order valence-electron chi connectivity index (χ3n) is 9.81. The third kappa shape index (κ3) is 6.03. The van der Waals surface area contributed by atoms with E-state index in [9.17, 15) is 4.79 Å². The zero-order chi connectivity index (χ0) is 27.1. The molecule has 0 aromatic rings. The number of carbonyl (C=O) groups excluding carboxylic acids is 1. The first-order chi connectivity index (χ1) is 16.7. The smallest absolute Gasteiger partial charge is 0.161 e. The maximum absolute atomic E-state index is 12.7. The van der Waals surface area contributed by atoms with Crippen LogP contribution >= 0.6 is 0 Å². The lowest BCUT2D eigenvalue weighted by Gasteiger charge is -2.53. The molecule has 0 N–H and O–H groups in total. The van der Waals surface area contributed by atoms with Crippen LogP contribution in [0.5, 0.6) is 0 Å². The van der Waals surface area contributed by atoms with Crippen LogP contribution in [0.2, 0.25) is 0 Å². The predicted octanol–water partition coefficient (Wildman–Crippen LogP) is 6.10. The molecular formula is C30H54O6. The van der Waals surface area contributed by atoms with Crippen LogP contribution in [0.4, 0.5) is 0 Å². The molecule has 14 atom stereocenters. The highest BCUT2D eigenvalue weighted by Crippen LogP contribution is 2.44. The highest BCUT2D eigenvalue weighted by molar-refractivity contribution is 5.81. The second-order valence-electron chi connectivity index (χ2n) is 13.4. The maximum atomic E-state index is 12.7. The normalized spacial score (nSPS) is 48.6. The number of rotatable bonds is 6. The molecule has 0 amide bonds. The van der Waals surface area contributed by atoms with E-state index < -0.39 is 6.10 Å². The van der Waals surface area contributed by atoms with Crippen LogP contribution in [0.25, 0.3) is 0 Å². The van der Waals surface area contributed by atoms with Gasteiger partial charge in [0, 0.05) is 17.8 Å². The molecule has 3 aliphatic rings. The van der Waals surface area contributed by atoms with Crippen molar-refractivity contribution in [1.29, 1.82) is 0 Å². The SMILES string of the molecule is CCC1O[C@@H](OC2[C@@H](O[C@@H]3OC[C@@H](C)[C@H](C)C3C)[C@H](C)C(C(C)=O)O[C@H]2C(C)(C)C)C(C)[C@@H](C)[C@H]1C. The van der Waals surface area contributed by atoms with E-state index in [1.54, 1.807) is 6.92 Å². The highest BCUT2D eigenvalue weighted by atomic mass is 16.7. The van der Waals surface area contributed by atoms with Gasteiger partial charge < -0.3 is 23.7 Å². The molecule has 0 bridgehead atoms. The van der Waals surface area contributed by atoms with E-state index in [0.717, 1.165) is 6.42 Å². The zero-order valence-corrected chi connectivity index (χ0v) is 24.9. The van der Waals surface area contributed by atoms with Gasteiger partial charge in [0.05, 0.1) is 24.9 Å². The van der Waals surface area contributed by atoms with E-state index in [4.69, 9.17) is 23.7 Å². The van der Waals surface area contributed by atoms with Gasteiger partial charge in [0.2, 0.25) is 0 Å². The minimum absolute atomic E-state index is 0.0270. The summed E-state index contributed by atoms with van der Waals surface area (Å²) in [6.07, 6.45) is -1.18. The molecule has 3 fully saturated rings. The van der Waals surface area contributed by atoms with E-state index >= 15 is 0 Å². The van der Waals surface area contributed by atoms with Gasteiger partial charge in [-0.25, -0.2) is 0 Å². The van der Waals surface area contributed by atoms with Gasteiger partial charge in [0.1, 0.15) is 12.2 Å². The van der Waals surface area contributed by atoms with Crippen molar-refractivity contribution in [2.24, 2.45) is 46.8 Å². The molecule has 3 saturated heterocycles. The summed E-state index contributed by atoms with van der Waals surface area (Å²) < 4.78 is 33.1. The third-order valence-corrected chi connectivity index (χ3v) is 9.81. The average molecular weight is 511 g/mol. The average Bonchev–Trinajstić information content (AvgIpc) is 2.80. The van der Waals surface area contributed by atoms with Gasteiger partial charge in [-0.1, -0.05) is 76.2 Å². The van der Waals surface area contributed by atoms with Crippen LogP contribution in [0.1, 0.15) is 89.5 Å². The molecular weight excluding hydrogens is 456 g/mol. The molecule has 0 spiro atoms. The van der Waals surface area contributed by atoms with Crippen LogP contribution in [0, 0.1) is 46.8 Å². The van der Waals surface area contributed by atoms with Gasteiger partial charge in [0.15, 0.2) is 18.4 Å². The summed E-state index contributed by atoms with van der Waals surface area (Å²) in [4.78, 5) is 12.7. The molecule has 5 unspecified atom stereocenters. The van der Waals surface area contributed by atoms with Gasteiger partial charge in [-0.2, -0.15) is 0 Å². The van der Waals surface area contributed by atoms with Crippen LogP contribution < -0.4 is 0 Å². The van der Waals surface area contributed by atoms with Crippen molar-refractivity contribution in [3.05, 3.63) is 0 Å². The number of carbonyl (C=O) groups is 1. The highest BCUT2D eigenvalue weighted by Gasteiger charge is 2.54. The summed E-state index contributed by atoms with van der Waals surface area (Å²) in [5.41, 5.74) is -0.262. The van der Waals surface area contributed by atoms with Crippen LogP contribution in [-0.2, 0) is 28.5 Å². The van der Waals surface area contributed by atoms with Gasteiger partial charge >= 0.3 is 0 Å². The van der Waals surface area contributed by atoms with Gasteiger partial charge in [-0.3, -0.25) is 4.79 Å². The summed E-state index contributed by atoms with van der Waals surface area (Å²) in [6.45, 7) is 26.5. The lowest BCUT2D eigenvalue weighted by molar-refractivity contribution is -0.341. The zero-order valence-electron chi connectivity index (χ0n) is 24.9. The Morgan fingerprint density at radius 3 is 1.92 bits per heavy atom. The summed E-state index contributed by atoms with van der Waals surface area (Å²) in [7, 11) is 0. The maximum Gasteiger partial charge on any atom is 0.161 e. The minimum Gasteiger partial charge on any atom is -0.363 e. The lowest BCUT2D eigenvalue weighted by atomic mass is 9.76. The molecule has 3 rings (SSSR count). The summed E-state index contributed by atoms with van der Waals surface area (Å²) in [5.74, 6) is 2.23. The Kier molecular flexibility index (Phi) is 9.75. The number of hydrogen-bond donors (Lipinski definition) is 0. The molecule has 210 valence electrons. The van der Waals surface area contributed by atoms with Crippen LogP contribution in [-0.4, -0.2) is 55.5 Å². The predicted molar refractivity (Wildman–Crippen MR) is 141 cm³/mol. The monoisotopic (exact) mass is 510 g/mol. The van der Waals surface area contributed by atoms with Gasteiger partial charge in [-0.15, -0.1) is 0 Å². The topological polar surface area (TPSA) is 63.2 Å². The Morgan fingerprint density at radius 1 is 0.778 bits per heavy atom. The Labute approximate surface area is 220 Å². The number of ketones is 1. The van der Waals surface area contributed by atoms with Crippen molar-refractivity contribution in [3.63, 3.8) is 0 Å². The fourth-order valence-electron chi connectivity index (χ4n) is 6.41. The second-order valence-corrected chi connectivity index (χ2v) is 13.4. The molecule has 0 radical (unpaired) electrons. The summed E-state index contributed by atoms with van der Waals surface area (Å²) in [6, 6.07) is 0. The first-order valence-electron chi connectivity index (χ1n) is 14.4. The van der Waals surface area contributed by atoms with Crippen molar-refractivity contribution in [2.45, 2.75) is 133 Å². The molecule has 3 aliphatic heterocycles. The first-order valence-corrected chi connectivity index (χ1v) is 14.4. The standard InChI is InChI=1S/C30H54O6/c1-13-23-18(5)17(4)20(7)29(33-23)36-26-25(35-28-19(6)16(3)15(2)14-32-28)21(8)24(22(9)31)34-27(26)30(10,11)12/h15-21,23-29H,13-14H2,1-12H3/t15-,16+,17+,18-,19?,20?,21-,23?,24?,25+,26?,27-,28+,29+/m1/s1.